The Balaban J connectivity index is -0.000000284. The molecule has 0 aromatic heterocycles. The minimum Gasteiger partial charge on any atom is -0.480 e. The maximum absolute atomic E-state index is 10.8. The van der Waals surface area contributed by atoms with Crippen molar-refractivity contribution in [2.24, 2.45) is 40.1 Å². The third-order valence-electron chi connectivity index (χ3n) is 8.56. The van der Waals surface area contributed by atoms with E-state index in [1.807, 2.05) is 24.3 Å². The molecule has 0 aliphatic carbocycles. The number of carbonyl (C=O) groups is 9. The lowest BCUT2D eigenvalue weighted by atomic mass is 10.0. The number of rotatable bonds is 26. The van der Waals surface area contributed by atoms with Crippen molar-refractivity contribution in [1.82, 2.24) is 0 Å². The van der Waals surface area contributed by atoms with Gasteiger partial charge >= 0.3 is 53.7 Å². The van der Waals surface area contributed by atoms with Gasteiger partial charge < -0.3 is 90.1 Å². The lowest BCUT2D eigenvalue weighted by molar-refractivity contribution is -0.147. The molecule has 21 N–H and O–H groups in total. The Morgan fingerprint density at radius 3 is 1.21 bits per heavy atom. The third-order valence-corrected chi connectivity index (χ3v) is 9.53. The Morgan fingerprint density at radius 1 is 0.451 bits per heavy atom. The van der Waals surface area contributed by atoms with Gasteiger partial charge in [-0.25, -0.2) is 0 Å². The summed E-state index contributed by atoms with van der Waals surface area (Å²) in [6, 6.07) is 7.98. The molecule has 0 aliphatic rings. The van der Waals surface area contributed by atoms with Gasteiger partial charge in [0.2, 0.25) is 0 Å². The molecule has 0 aliphatic heterocycles. The molecule has 0 fully saturated rings. The molecule has 0 heterocycles. The molecule has 7 atom stereocenters. The standard InChI is InChI=1S/C12H13NO2.C11H11NO2.C8H11NO4.C7H9NO4.C6H9NO3.C6H9NO2S.C5H7NO2/c1-2-3-9-4-6-10(7-5-9)8-11(13)12(14)15;1-2-8-3-5-9(6-4-8)7-10(12)11(13)14;1-2-5-13-7(10)4-3-6(9)8(11)12;1-2-3-12-6(9)4-5(8)7(10)11;2*1-2-3-10-4-5(7)6(8)9;1-2-3-4(6)5(7)8/h1,4-7,11H,3,8,13H2,(H,14,15);1,3-6,10H,7,12H2,(H,13,14);1,6H,3-5,9H2,(H,11,12);1,5H,3-4,8H2,(H,10,11);2*1,5H,3-4,7H2,(H,8,9);1,4H,3,6H2,(H,7,8). The van der Waals surface area contributed by atoms with E-state index in [1.165, 1.54) is 11.8 Å². The SMILES string of the molecule is C#CCC(N)C(=O)O.C#CCOC(=O)CC(N)C(=O)O.C#CCOC(=O)CCC(N)C(=O)O.C#CCOCC(N)C(=O)O.C#CCSCC(N)C(=O)O.C#CCc1ccc(CC(N)C(=O)O)cc1.C#Cc1ccc(CC(N)C(=O)O)cc1. The summed E-state index contributed by atoms with van der Waals surface area (Å²) in [5.74, 6) is 8.10. The van der Waals surface area contributed by atoms with Crippen LogP contribution in [0.3, 0.4) is 0 Å². The molecule has 0 bridgehead atoms. The second-order valence-electron chi connectivity index (χ2n) is 15.4. The van der Waals surface area contributed by atoms with Crippen LogP contribution in [0.4, 0.5) is 0 Å². The van der Waals surface area contributed by atoms with Crippen LogP contribution in [0.15, 0.2) is 48.5 Å². The van der Waals surface area contributed by atoms with Crippen LogP contribution in [0.1, 0.15) is 47.9 Å². The zero-order chi connectivity index (χ0) is 64.2. The van der Waals surface area contributed by atoms with Gasteiger partial charge in [-0.05, 0) is 48.1 Å². The van der Waals surface area contributed by atoms with Crippen LogP contribution < -0.4 is 40.1 Å². The second-order valence-corrected chi connectivity index (χ2v) is 16.4. The van der Waals surface area contributed by atoms with Gasteiger partial charge in [-0.1, -0.05) is 66.0 Å². The highest BCUT2D eigenvalue weighted by Gasteiger charge is 2.18. The summed E-state index contributed by atoms with van der Waals surface area (Å²) >= 11 is 1.35. The van der Waals surface area contributed by atoms with E-state index in [0.29, 0.717) is 30.8 Å². The highest BCUT2D eigenvalue weighted by atomic mass is 32.2. The Labute approximate surface area is 479 Å². The fourth-order valence-corrected chi connectivity index (χ4v) is 4.85. The molecule has 2 aromatic rings. The van der Waals surface area contributed by atoms with Crippen LogP contribution in [0.5, 0.6) is 0 Å². The number of ether oxygens (including phenoxy) is 3. The lowest BCUT2D eigenvalue weighted by Crippen LogP contribution is -2.34. The van der Waals surface area contributed by atoms with Crippen molar-refractivity contribution in [2.45, 2.75) is 87.2 Å². The predicted molar refractivity (Wildman–Crippen MR) is 303 cm³/mol. The van der Waals surface area contributed by atoms with Crippen molar-refractivity contribution in [2.75, 3.05) is 37.9 Å². The number of benzene rings is 2. The molecular weight excluding hydrogens is 1090 g/mol. The van der Waals surface area contributed by atoms with Crippen molar-refractivity contribution in [3.8, 4) is 86.4 Å². The van der Waals surface area contributed by atoms with Gasteiger partial charge in [0, 0.05) is 30.6 Å². The van der Waals surface area contributed by atoms with E-state index < -0.39 is 96.0 Å². The number of hydrogen-bond donors (Lipinski definition) is 14. The maximum Gasteiger partial charge on any atom is 0.322 e. The van der Waals surface area contributed by atoms with Crippen molar-refractivity contribution >= 4 is 65.5 Å². The first-order valence-electron chi connectivity index (χ1n) is 23.1. The van der Waals surface area contributed by atoms with Crippen LogP contribution in [0, 0.1) is 86.4 Å². The summed E-state index contributed by atoms with van der Waals surface area (Å²) < 4.78 is 13.6. The topological polar surface area (TPSA) is 505 Å². The molecule has 26 nitrogen and oxygen atoms in total. The summed E-state index contributed by atoms with van der Waals surface area (Å²) in [7, 11) is 0. The second kappa shape index (κ2) is 52.3. The van der Waals surface area contributed by atoms with E-state index in [0.717, 1.165) is 22.3 Å². The minimum atomic E-state index is -1.24. The Bertz CT molecular complexity index is 2550. The Morgan fingerprint density at radius 2 is 0.854 bits per heavy atom. The molecule has 0 saturated heterocycles. The van der Waals surface area contributed by atoms with Crippen LogP contribution in [0.25, 0.3) is 0 Å². The van der Waals surface area contributed by atoms with Gasteiger partial charge in [-0.3, -0.25) is 43.2 Å². The van der Waals surface area contributed by atoms with Crippen LogP contribution in [-0.2, 0) is 76.6 Å². The van der Waals surface area contributed by atoms with E-state index in [2.05, 4.69) is 55.7 Å². The molecular formula is C55H69N7O19S. The summed E-state index contributed by atoms with van der Waals surface area (Å²) in [6.07, 6.45) is 35.5. The number of nitrogens with two attached hydrogens (primary N) is 7. The van der Waals surface area contributed by atoms with Crippen molar-refractivity contribution in [1.29, 1.82) is 0 Å². The van der Waals surface area contributed by atoms with Crippen LogP contribution in [0.2, 0.25) is 0 Å². The Kier molecular flexibility index (Phi) is 52.0. The van der Waals surface area contributed by atoms with Gasteiger partial charge in [-0.2, -0.15) is 0 Å². The quantitative estimate of drug-likeness (QED) is 0.0275. The highest BCUT2D eigenvalue weighted by Crippen LogP contribution is 2.08. The average molecular weight is 1160 g/mol. The number of esters is 2. The number of aliphatic carboxylic acids is 7. The molecule has 2 rings (SSSR count). The van der Waals surface area contributed by atoms with Gasteiger partial charge in [0.05, 0.1) is 18.8 Å². The van der Waals surface area contributed by atoms with Gasteiger partial charge in [0.25, 0.3) is 0 Å². The summed E-state index contributed by atoms with van der Waals surface area (Å²) in [5, 5.41) is 58.5. The first-order chi connectivity index (χ1) is 38.5. The summed E-state index contributed by atoms with van der Waals surface area (Å²) in [6.45, 7) is -0.202. The zero-order valence-corrected chi connectivity index (χ0v) is 45.2. The number of carboxylic acid groups (broad SMARTS) is 7. The predicted octanol–water partition coefficient (Wildman–Crippen LogP) is -2.01. The monoisotopic (exact) mass is 1160 g/mol. The largest absolute Gasteiger partial charge is 0.480 e. The van der Waals surface area contributed by atoms with Crippen molar-refractivity contribution in [3.63, 3.8) is 0 Å². The smallest absolute Gasteiger partial charge is 0.322 e. The summed E-state index contributed by atoms with van der Waals surface area (Å²) in [5.41, 5.74) is 39.8. The van der Waals surface area contributed by atoms with Crippen molar-refractivity contribution < 1.29 is 93.1 Å². The fourth-order valence-electron chi connectivity index (χ4n) is 4.22. The van der Waals surface area contributed by atoms with E-state index in [-0.39, 0.29) is 52.1 Å². The molecule has 0 saturated carbocycles. The average Bonchev–Trinajstić information content (AvgIpc) is 3.42. The number of carboxylic acids is 7. The number of carbonyl (C=O) groups excluding carboxylic acids is 2. The molecule has 444 valence electrons. The molecule has 0 spiro atoms. The maximum atomic E-state index is 10.8. The molecule has 7 unspecified atom stereocenters. The van der Waals surface area contributed by atoms with Gasteiger partial charge in [0.15, 0.2) is 13.2 Å². The molecule has 2 aromatic carbocycles. The zero-order valence-electron chi connectivity index (χ0n) is 44.4. The Hall–Kier alpha value is -9.38. The van der Waals surface area contributed by atoms with E-state index in [1.54, 1.807) is 24.3 Å². The van der Waals surface area contributed by atoms with Gasteiger partial charge in [-0.15, -0.1) is 68.6 Å². The third kappa shape index (κ3) is 51.4. The molecule has 0 radical (unpaired) electrons. The minimum absolute atomic E-state index is 0.0326. The molecule has 27 heteroatoms. The van der Waals surface area contributed by atoms with E-state index in [4.69, 9.17) is 121 Å². The van der Waals surface area contributed by atoms with Crippen LogP contribution >= 0.6 is 11.8 Å². The number of hydrogen-bond acceptors (Lipinski definition) is 20. The van der Waals surface area contributed by atoms with E-state index >= 15 is 0 Å². The molecule has 0 amide bonds. The highest BCUT2D eigenvalue weighted by molar-refractivity contribution is 7.99. The first-order valence-corrected chi connectivity index (χ1v) is 24.2. The first kappa shape index (κ1) is 81.5. The summed E-state index contributed by atoms with van der Waals surface area (Å²) in [4.78, 5) is 92.8. The van der Waals surface area contributed by atoms with Crippen LogP contribution in [-0.4, -0.2) is 170 Å². The van der Waals surface area contributed by atoms with E-state index in [9.17, 15) is 43.2 Å². The fraction of sp³-hybridized carbons (Fsp3) is 0.364. The molecule has 82 heavy (non-hydrogen) atoms. The normalized spacial score (nSPS) is 11.7. The lowest BCUT2D eigenvalue weighted by Gasteiger charge is -2.06. The number of thioether (sulfide) groups is 1. The van der Waals surface area contributed by atoms with Crippen molar-refractivity contribution in [3.05, 3.63) is 70.8 Å². The van der Waals surface area contributed by atoms with Gasteiger partial charge in [0.1, 0.15) is 48.9 Å². The number of terminal acetylenes is 7.